The van der Waals surface area contributed by atoms with Gasteiger partial charge in [-0.2, -0.15) is 0 Å². The molecule has 2 saturated heterocycles. The molecule has 3 fully saturated rings. The average Bonchev–Trinajstić information content (AvgIpc) is 3.13. The zero-order chi connectivity index (χ0) is 12.9. The third-order valence-electron chi connectivity index (χ3n) is 4.56. The van der Waals surface area contributed by atoms with Gasteiger partial charge in [0.15, 0.2) is 0 Å². The first-order chi connectivity index (χ1) is 9.42. The van der Waals surface area contributed by atoms with E-state index < -0.39 is 0 Å². The second kappa shape index (κ2) is 7.02. The Morgan fingerprint density at radius 3 is 2.89 bits per heavy atom. The first kappa shape index (κ1) is 13.8. The molecule has 0 aromatic heterocycles. The molecule has 0 aromatic carbocycles. The number of hydrogen-bond acceptors (Lipinski definition) is 4. The highest BCUT2D eigenvalue weighted by molar-refractivity contribution is 4.85. The summed E-state index contributed by atoms with van der Waals surface area (Å²) in [7, 11) is 0. The molecule has 1 N–H and O–H groups in total. The molecule has 0 bridgehead atoms. The van der Waals surface area contributed by atoms with E-state index in [9.17, 15) is 0 Å². The van der Waals surface area contributed by atoms with Crippen LogP contribution in [0.1, 0.15) is 38.5 Å². The summed E-state index contributed by atoms with van der Waals surface area (Å²) in [6.45, 7) is 6.20. The van der Waals surface area contributed by atoms with Crippen LogP contribution in [0.25, 0.3) is 0 Å². The molecule has 3 rings (SSSR count). The Bertz CT molecular complexity index is 265. The largest absolute Gasteiger partial charge is 0.378 e. The number of nitrogens with one attached hydrogen (secondary N) is 1. The van der Waals surface area contributed by atoms with Crippen LogP contribution in [0, 0.1) is 0 Å². The third kappa shape index (κ3) is 4.42. The lowest BCUT2D eigenvalue weighted by atomic mass is 10.1. The van der Waals surface area contributed by atoms with Crippen LogP contribution in [-0.2, 0) is 9.47 Å². The fourth-order valence-corrected chi connectivity index (χ4v) is 3.16. The van der Waals surface area contributed by atoms with Crippen molar-refractivity contribution in [3.8, 4) is 0 Å². The van der Waals surface area contributed by atoms with Crippen molar-refractivity contribution in [2.24, 2.45) is 0 Å². The molecule has 0 radical (unpaired) electrons. The Balaban J connectivity index is 1.35. The minimum absolute atomic E-state index is 0.545. The van der Waals surface area contributed by atoms with Crippen LogP contribution >= 0.6 is 0 Å². The van der Waals surface area contributed by atoms with Gasteiger partial charge < -0.3 is 14.8 Å². The highest BCUT2D eigenvalue weighted by Gasteiger charge is 2.26. The van der Waals surface area contributed by atoms with E-state index >= 15 is 0 Å². The van der Waals surface area contributed by atoms with Gasteiger partial charge in [-0.05, 0) is 45.1 Å². The molecule has 2 aliphatic heterocycles. The van der Waals surface area contributed by atoms with E-state index in [4.69, 9.17) is 9.47 Å². The van der Waals surface area contributed by atoms with Crippen LogP contribution in [0.5, 0.6) is 0 Å². The van der Waals surface area contributed by atoms with Gasteiger partial charge in [0.2, 0.25) is 0 Å². The van der Waals surface area contributed by atoms with Gasteiger partial charge in [0.05, 0.1) is 19.3 Å². The Morgan fingerprint density at radius 2 is 2.11 bits per heavy atom. The normalized spacial score (nSPS) is 32.8. The third-order valence-corrected chi connectivity index (χ3v) is 4.56. The molecule has 19 heavy (non-hydrogen) atoms. The summed E-state index contributed by atoms with van der Waals surface area (Å²) >= 11 is 0. The molecule has 1 saturated carbocycles. The number of morpholine rings is 1. The number of rotatable bonds is 7. The Hall–Kier alpha value is -0.160. The second-order valence-corrected chi connectivity index (χ2v) is 6.22. The van der Waals surface area contributed by atoms with Crippen LogP contribution < -0.4 is 5.32 Å². The van der Waals surface area contributed by atoms with E-state index in [1.165, 1.54) is 45.1 Å². The van der Waals surface area contributed by atoms with E-state index in [0.29, 0.717) is 12.1 Å². The Morgan fingerprint density at radius 1 is 1.16 bits per heavy atom. The summed E-state index contributed by atoms with van der Waals surface area (Å²) in [6.07, 6.45) is 8.32. The summed E-state index contributed by atoms with van der Waals surface area (Å²) in [5.74, 6) is 0. The maximum absolute atomic E-state index is 5.70. The van der Waals surface area contributed by atoms with Gasteiger partial charge in [0, 0.05) is 31.8 Å². The van der Waals surface area contributed by atoms with E-state index in [-0.39, 0.29) is 0 Å². The fraction of sp³-hybridized carbons (Fsp3) is 1.00. The van der Waals surface area contributed by atoms with E-state index in [1.807, 2.05) is 0 Å². The lowest BCUT2D eigenvalue weighted by Gasteiger charge is -2.36. The van der Waals surface area contributed by atoms with Crippen molar-refractivity contribution in [3.05, 3.63) is 0 Å². The predicted molar refractivity (Wildman–Crippen MR) is 75.4 cm³/mol. The van der Waals surface area contributed by atoms with Gasteiger partial charge in [-0.3, -0.25) is 4.90 Å². The Labute approximate surface area is 116 Å². The summed E-state index contributed by atoms with van der Waals surface area (Å²) in [4.78, 5) is 2.62. The molecule has 4 nitrogen and oxygen atoms in total. The zero-order valence-electron chi connectivity index (χ0n) is 12.0. The topological polar surface area (TPSA) is 33.7 Å². The molecule has 0 aromatic rings. The standard InChI is InChI=1S/C15H28N2O2/c1(3-15-4-2-9-19-15)7-17-8-10-18-12-14(17)11-16-13-5-6-13/h13-16H,1-12H2. The van der Waals surface area contributed by atoms with Crippen LogP contribution in [0.15, 0.2) is 0 Å². The zero-order valence-corrected chi connectivity index (χ0v) is 12.0. The van der Waals surface area contributed by atoms with Gasteiger partial charge in [-0.1, -0.05) is 0 Å². The van der Waals surface area contributed by atoms with E-state index in [1.54, 1.807) is 0 Å². The number of ether oxygens (including phenoxy) is 2. The average molecular weight is 268 g/mol. The number of nitrogens with zero attached hydrogens (tertiary/aromatic N) is 1. The minimum Gasteiger partial charge on any atom is -0.378 e. The van der Waals surface area contributed by atoms with E-state index in [2.05, 4.69) is 10.2 Å². The highest BCUT2D eigenvalue weighted by Crippen LogP contribution is 2.20. The quantitative estimate of drug-likeness (QED) is 0.757. The molecular formula is C15H28N2O2. The smallest absolute Gasteiger partial charge is 0.0634 e. The van der Waals surface area contributed by atoms with Gasteiger partial charge in [0.25, 0.3) is 0 Å². The maximum Gasteiger partial charge on any atom is 0.0634 e. The van der Waals surface area contributed by atoms with Crippen molar-refractivity contribution in [3.63, 3.8) is 0 Å². The van der Waals surface area contributed by atoms with Gasteiger partial charge in [-0.15, -0.1) is 0 Å². The summed E-state index contributed by atoms with van der Waals surface area (Å²) in [5.41, 5.74) is 0. The highest BCUT2D eigenvalue weighted by atomic mass is 16.5. The molecule has 0 spiro atoms. The SMILES string of the molecule is C1COC(CCCN2CCOCC2CNC2CC2)C1. The van der Waals surface area contributed by atoms with Crippen molar-refractivity contribution in [1.29, 1.82) is 0 Å². The van der Waals surface area contributed by atoms with Crippen LogP contribution in [0.4, 0.5) is 0 Å². The molecule has 2 unspecified atom stereocenters. The molecule has 4 heteroatoms. The van der Waals surface area contributed by atoms with Crippen molar-refractivity contribution < 1.29 is 9.47 Å². The summed E-state index contributed by atoms with van der Waals surface area (Å²) in [6, 6.07) is 1.38. The predicted octanol–water partition coefficient (Wildman–Crippen LogP) is 1.40. The van der Waals surface area contributed by atoms with Crippen molar-refractivity contribution in [2.75, 3.05) is 39.5 Å². The van der Waals surface area contributed by atoms with Crippen LogP contribution in [0.2, 0.25) is 0 Å². The molecule has 2 atom stereocenters. The Kier molecular flexibility index (Phi) is 5.10. The van der Waals surface area contributed by atoms with Crippen molar-refractivity contribution in [1.82, 2.24) is 10.2 Å². The first-order valence-corrected chi connectivity index (χ1v) is 8.08. The van der Waals surface area contributed by atoms with Gasteiger partial charge >= 0.3 is 0 Å². The fourth-order valence-electron chi connectivity index (χ4n) is 3.16. The van der Waals surface area contributed by atoms with Gasteiger partial charge in [-0.25, -0.2) is 0 Å². The first-order valence-electron chi connectivity index (χ1n) is 8.08. The van der Waals surface area contributed by atoms with Crippen molar-refractivity contribution in [2.45, 2.75) is 56.7 Å². The molecule has 110 valence electrons. The lowest BCUT2D eigenvalue weighted by molar-refractivity contribution is -0.00925. The molecule has 2 heterocycles. The van der Waals surface area contributed by atoms with Crippen molar-refractivity contribution >= 4 is 0 Å². The van der Waals surface area contributed by atoms with Gasteiger partial charge in [0.1, 0.15) is 0 Å². The second-order valence-electron chi connectivity index (χ2n) is 6.22. The van der Waals surface area contributed by atoms with Crippen LogP contribution in [-0.4, -0.2) is 62.5 Å². The molecule has 1 aliphatic carbocycles. The summed E-state index contributed by atoms with van der Waals surface area (Å²) in [5, 5.41) is 3.64. The lowest BCUT2D eigenvalue weighted by Crippen LogP contribution is -2.51. The molecule has 3 aliphatic rings. The van der Waals surface area contributed by atoms with E-state index in [0.717, 1.165) is 39.0 Å². The van der Waals surface area contributed by atoms with Crippen LogP contribution in [0.3, 0.4) is 0 Å². The minimum atomic E-state index is 0.545. The molecular weight excluding hydrogens is 240 g/mol. The number of hydrogen-bond donors (Lipinski definition) is 1. The summed E-state index contributed by atoms with van der Waals surface area (Å²) < 4.78 is 11.3. The maximum atomic E-state index is 5.70. The molecule has 0 amide bonds. The monoisotopic (exact) mass is 268 g/mol.